The van der Waals surface area contributed by atoms with Crippen molar-refractivity contribution in [3.63, 3.8) is 0 Å². The first-order chi connectivity index (χ1) is 14.1. The van der Waals surface area contributed by atoms with Crippen LogP contribution in [0.2, 0.25) is 0 Å². The van der Waals surface area contributed by atoms with Gasteiger partial charge in [0, 0.05) is 13.0 Å². The molecule has 1 aromatic heterocycles. The highest BCUT2D eigenvalue weighted by molar-refractivity contribution is 5.76. The second kappa shape index (κ2) is 7.33. The number of benzene rings is 1. The minimum absolute atomic E-state index is 0.0488. The van der Waals surface area contributed by atoms with E-state index in [4.69, 9.17) is 9.47 Å². The Balaban J connectivity index is 1.58. The first kappa shape index (κ1) is 20.8. The lowest BCUT2D eigenvalue weighted by Gasteiger charge is -2.39. The number of amides is 1. The van der Waals surface area contributed by atoms with E-state index in [1.54, 1.807) is 45.0 Å². The molecule has 2 aliphatic heterocycles. The third kappa shape index (κ3) is 3.92. The predicted molar refractivity (Wildman–Crippen MR) is 108 cm³/mol. The maximum Gasteiger partial charge on any atom is 0.410 e. The number of aliphatic hydroxyl groups excluding tert-OH is 1. The van der Waals surface area contributed by atoms with Gasteiger partial charge >= 0.3 is 6.09 Å². The molecule has 3 heterocycles. The number of para-hydroxylation sites is 1. The summed E-state index contributed by atoms with van der Waals surface area (Å²) in [5.74, 6) is -1.73. The maximum absolute atomic E-state index is 12.8. The van der Waals surface area contributed by atoms with E-state index in [1.807, 2.05) is 0 Å². The lowest BCUT2D eigenvalue weighted by molar-refractivity contribution is -0.218. The molecule has 0 radical (unpaired) electrons. The Morgan fingerprint density at radius 2 is 2.10 bits per heavy atom. The molecule has 0 spiro atoms. The van der Waals surface area contributed by atoms with Gasteiger partial charge in [0.15, 0.2) is 5.79 Å². The quantitative estimate of drug-likeness (QED) is 0.756. The molecule has 0 bridgehead atoms. The average Bonchev–Trinajstić information content (AvgIpc) is 3.01. The van der Waals surface area contributed by atoms with Crippen molar-refractivity contribution in [2.75, 3.05) is 6.54 Å². The SMILES string of the molecule is CC(C)(C)OC(=O)N1CC[C@H](O)[C@@H]2OC(O)(Cn3cnc4ccccc4c3=O)C[C@@H]21. The van der Waals surface area contributed by atoms with Gasteiger partial charge in [-0.1, -0.05) is 12.1 Å². The Hall–Kier alpha value is -2.49. The number of carbonyl (C=O) groups excluding carboxylic acids is 1. The van der Waals surface area contributed by atoms with E-state index in [2.05, 4.69) is 4.98 Å². The predicted octanol–water partition coefficient (Wildman–Crippen LogP) is 1.24. The molecule has 4 atom stereocenters. The molecule has 2 aliphatic rings. The van der Waals surface area contributed by atoms with Crippen LogP contribution in [0.25, 0.3) is 10.9 Å². The van der Waals surface area contributed by atoms with Crippen molar-refractivity contribution in [1.82, 2.24) is 14.5 Å². The average molecular weight is 417 g/mol. The van der Waals surface area contributed by atoms with Crippen molar-refractivity contribution < 1.29 is 24.5 Å². The zero-order valence-corrected chi connectivity index (χ0v) is 17.3. The number of ether oxygens (including phenoxy) is 2. The van der Waals surface area contributed by atoms with Crippen molar-refractivity contribution in [1.29, 1.82) is 0 Å². The van der Waals surface area contributed by atoms with Gasteiger partial charge in [0.2, 0.25) is 0 Å². The van der Waals surface area contributed by atoms with Gasteiger partial charge < -0.3 is 24.6 Å². The van der Waals surface area contributed by atoms with Crippen molar-refractivity contribution >= 4 is 17.0 Å². The van der Waals surface area contributed by atoms with Crippen LogP contribution >= 0.6 is 0 Å². The standard InChI is InChI=1S/C21H27N3O6/c1-20(2,3)30-19(27)24-9-8-16(25)17-15(24)10-21(28,29-17)11-23-12-22-14-7-5-4-6-13(14)18(23)26/h4-7,12,15-17,25,28H,8-11H2,1-3H3/t15-,16-,17+,21?/m0/s1. The highest BCUT2D eigenvalue weighted by Gasteiger charge is 2.54. The number of hydrogen-bond donors (Lipinski definition) is 2. The van der Waals surface area contributed by atoms with Crippen molar-refractivity contribution in [2.24, 2.45) is 0 Å². The van der Waals surface area contributed by atoms with Crippen LogP contribution in [0, 0.1) is 0 Å². The number of aromatic nitrogens is 2. The fraction of sp³-hybridized carbons (Fsp3) is 0.571. The summed E-state index contributed by atoms with van der Waals surface area (Å²) in [5, 5.41) is 22.0. The van der Waals surface area contributed by atoms with Crippen LogP contribution in [0.3, 0.4) is 0 Å². The van der Waals surface area contributed by atoms with Crippen LogP contribution in [-0.2, 0) is 16.0 Å². The van der Waals surface area contributed by atoms with Gasteiger partial charge in [-0.15, -0.1) is 0 Å². The third-order valence-electron chi connectivity index (χ3n) is 5.49. The summed E-state index contributed by atoms with van der Waals surface area (Å²) in [6.45, 7) is 5.48. The minimum atomic E-state index is -1.73. The summed E-state index contributed by atoms with van der Waals surface area (Å²) in [6.07, 6.45) is -0.367. The van der Waals surface area contributed by atoms with Crippen molar-refractivity contribution in [3.05, 3.63) is 40.9 Å². The second-order valence-electron chi connectivity index (χ2n) is 9.02. The summed E-state index contributed by atoms with van der Waals surface area (Å²) in [6, 6.07) is 6.40. The summed E-state index contributed by atoms with van der Waals surface area (Å²) < 4.78 is 12.6. The van der Waals surface area contributed by atoms with Crippen LogP contribution in [0.1, 0.15) is 33.6 Å². The Bertz CT molecular complexity index is 1020. The largest absolute Gasteiger partial charge is 0.444 e. The van der Waals surface area contributed by atoms with E-state index < -0.39 is 35.7 Å². The lowest BCUT2D eigenvalue weighted by Crippen LogP contribution is -2.55. The fourth-order valence-electron chi connectivity index (χ4n) is 4.18. The van der Waals surface area contributed by atoms with Crippen molar-refractivity contribution in [3.8, 4) is 0 Å². The number of hydrogen-bond acceptors (Lipinski definition) is 7. The van der Waals surface area contributed by atoms with Gasteiger partial charge in [0.25, 0.3) is 5.56 Å². The van der Waals surface area contributed by atoms with E-state index in [0.717, 1.165) is 0 Å². The number of carbonyl (C=O) groups is 1. The van der Waals surface area contributed by atoms with Crippen LogP contribution < -0.4 is 5.56 Å². The molecular weight excluding hydrogens is 390 g/mol. The molecule has 1 amide bonds. The van der Waals surface area contributed by atoms with Gasteiger partial charge in [0.1, 0.15) is 11.7 Å². The minimum Gasteiger partial charge on any atom is -0.444 e. The Labute approximate surface area is 173 Å². The van der Waals surface area contributed by atoms with Gasteiger partial charge in [-0.25, -0.2) is 9.78 Å². The molecule has 1 aromatic carbocycles. The van der Waals surface area contributed by atoms with E-state index in [9.17, 15) is 19.8 Å². The molecule has 2 N–H and O–H groups in total. The highest BCUT2D eigenvalue weighted by atomic mass is 16.6. The molecule has 30 heavy (non-hydrogen) atoms. The molecule has 0 saturated carbocycles. The zero-order chi connectivity index (χ0) is 21.7. The molecule has 9 nitrogen and oxygen atoms in total. The lowest BCUT2D eigenvalue weighted by atomic mass is 9.94. The first-order valence-corrected chi connectivity index (χ1v) is 10.1. The van der Waals surface area contributed by atoms with Gasteiger partial charge in [-0.3, -0.25) is 9.36 Å². The Morgan fingerprint density at radius 3 is 2.83 bits per heavy atom. The number of piperidine rings is 1. The van der Waals surface area contributed by atoms with E-state index >= 15 is 0 Å². The Morgan fingerprint density at radius 1 is 1.37 bits per heavy atom. The smallest absolute Gasteiger partial charge is 0.410 e. The second-order valence-corrected chi connectivity index (χ2v) is 9.02. The topological polar surface area (TPSA) is 114 Å². The number of rotatable bonds is 2. The molecule has 4 rings (SSSR count). The van der Waals surface area contributed by atoms with Gasteiger partial charge in [0.05, 0.1) is 35.9 Å². The summed E-state index contributed by atoms with van der Waals surface area (Å²) in [4.78, 5) is 31.2. The van der Waals surface area contributed by atoms with Crippen LogP contribution in [0.4, 0.5) is 4.79 Å². The van der Waals surface area contributed by atoms with Crippen LogP contribution in [0.15, 0.2) is 35.4 Å². The number of likely N-dealkylation sites (tertiary alicyclic amines) is 1. The first-order valence-electron chi connectivity index (χ1n) is 10.1. The van der Waals surface area contributed by atoms with Gasteiger partial charge in [-0.2, -0.15) is 0 Å². The Kier molecular flexibility index (Phi) is 5.08. The van der Waals surface area contributed by atoms with Crippen LogP contribution in [-0.4, -0.2) is 66.9 Å². The van der Waals surface area contributed by atoms with Gasteiger partial charge in [-0.05, 0) is 39.3 Å². The van der Waals surface area contributed by atoms with Crippen LogP contribution in [0.5, 0.6) is 0 Å². The van der Waals surface area contributed by atoms with E-state index in [-0.39, 0.29) is 18.5 Å². The number of nitrogens with zero attached hydrogens (tertiary/aromatic N) is 3. The summed E-state index contributed by atoms with van der Waals surface area (Å²) in [7, 11) is 0. The normalized spacial score (nSPS) is 29.1. The fourth-order valence-corrected chi connectivity index (χ4v) is 4.18. The van der Waals surface area contributed by atoms with E-state index in [1.165, 1.54) is 15.8 Å². The molecule has 2 saturated heterocycles. The molecule has 0 aliphatic carbocycles. The number of fused-ring (bicyclic) bond motifs is 2. The summed E-state index contributed by atoms with van der Waals surface area (Å²) in [5.41, 5.74) is -0.391. The molecule has 1 unspecified atom stereocenters. The zero-order valence-electron chi connectivity index (χ0n) is 17.3. The number of aliphatic hydroxyl groups is 2. The molecule has 9 heteroatoms. The molecule has 2 aromatic rings. The molecule has 162 valence electrons. The molecule has 2 fully saturated rings. The highest BCUT2D eigenvalue weighted by Crippen LogP contribution is 2.38. The van der Waals surface area contributed by atoms with E-state index in [0.29, 0.717) is 23.9 Å². The summed E-state index contributed by atoms with van der Waals surface area (Å²) >= 11 is 0. The molecular formula is C21H27N3O6. The monoisotopic (exact) mass is 417 g/mol. The third-order valence-corrected chi connectivity index (χ3v) is 5.49. The maximum atomic E-state index is 12.8. The van der Waals surface area contributed by atoms with Crippen molar-refractivity contribution in [2.45, 2.75) is 69.8 Å².